The van der Waals surface area contributed by atoms with Crippen LogP contribution in [0.2, 0.25) is 0 Å². The molecule has 1 spiro atoms. The van der Waals surface area contributed by atoms with Gasteiger partial charge in [-0.15, -0.1) is 0 Å². The summed E-state index contributed by atoms with van der Waals surface area (Å²) in [4.78, 5) is 38.0. The van der Waals surface area contributed by atoms with Crippen LogP contribution < -0.4 is 21.9 Å². The van der Waals surface area contributed by atoms with Gasteiger partial charge in [0.1, 0.15) is 5.56 Å². The summed E-state index contributed by atoms with van der Waals surface area (Å²) >= 11 is 0. The number of pyridine rings is 1. The van der Waals surface area contributed by atoms with E-state index in [9.17, 15) is 14.4 Å². The van der Waals surface area contributed by atoms with Crippen molar-refractivity contribution in [1.29, 1.82) is 0 Å². The van der Waals surface area contributed by atoms with Gasteiger partial charge >= 0.3 is 0 Å². The van der Waals surface area contributed by atoms with E-state index in [-0.39, 0.29) is 24.1 Å². The summed E-state index contributed by atoms with van der Waals surface area (Å²) in [6.07, 6.45) is 5.48. The summed E-state index contributed by atoms with van der Waals surface area (Å²) in [5.74, 6) is -0.764. The number of hydrogen-bond acceptors (Lipinski definition) is 4. The largest absolute Gasteiger partial charge is 0.355 e. The van der Waals surface area contributed by atoms with Crippen molar-refractivity contribution in [3.63, 3.8) is 0 Å². The fourth-order valence-corrected chi connectivity index (χ4v) is 4.92. The van der Waals surface area contributed by atoms with Crippen LogP contribution in [0, 0.1) is 12.3 Å². The maximum Gasteiger partial charge on any atom is 0.263 e. The molecule has 2 aliphatic rings. The first-order valence-corrected chi connectivity index (χ1v) is 10.4. The molecule has 1 aromatic heterocycles. The standard InChI is InChI=1S/C23H28N4O3/c1-14-4-3-5-15(6-14)12-27-13-16(7-19(22(27)30)21(29)25-2)20(28)26-18-10-23(11-18)8-17(24)9-23/h3-7,13,17-18H,8-12,24H2,1-2H3,(H,25,29)(H,26,28). The van der Waals surface area contributed by atoms with E-state index in [1.165, 1.54) is 17.7 Å². The minimum Gasteiger partial charge on any atom is -0.355 e. The molecule has 0 unspecified atom stereocenters. The van der Waals surface area contributed by atoms with Gasteiger partial charge in [-0.25, -0.2) is 0 Å². The third-order valence-electron chi connectivity index (χ3n) is 6.34. The van der Waals surface area contributed by atoms with E-state index in [2.05, 4.69) is 10.6 Å². The minimum atomic E-state index is -0.501. The lowest BCUT2D eigenvalue weighted by Crippen LogP contribution is -2.59. The summed E-state index contributed by atoms with van der Waals surface area (Å²) < 4.78 is 1.43. The number of nitrogens with zero attached hydrogens (tertiary/aromatic N) is 1. The summed E-state index contributed by atoms with van der Waals surface area (Å²) in [6.45, 7) is 2.27. The van der Waals surface area contributed by atoms with E-state index in [0.29, 0.717) is 17.0 Å². The lowest BCUT2D eigenvalue weighted by molar-refractivity contribution is -0.0159. The molecule has 7 heteroatoms. The number of carbonyl (C=O) groups excluding carboxylic acids is 2. The first-order chi connectivity index (χ1) is 14.3. The Kier molecular flexibility index (Phi) is 5.24. The van der Waals surface area contributed by atoms with Gasteiger partial charge in [0.2, 0.25) is 0 Å². The van der Waals surface area contributed by atoms with E-state index >= 15 is 0 Å². The summed E-state index contributed by atoms with van der Waals surface area (Å²) in [5, 5.41) is 5.53. The third kappa shape index (κ3) is 3.89. The smallest absolute Gasteiger partial charge is 0.263 e. The molecule has 0 bridgehead atoms. The Morgan fingerprint density at radius 3 is 2.53 bits per heavy atom. The molecule has 2 fully saturated rings. The fraction of sp³-hybridized carbons (Fsp3) is 0.435. The highest BCUT2D eigenvalue weighted by molar-refractivity contribution is 5.99. The highest BCUT2D eigenvalue weighted by atomic mass is 16.2. The Labute approximate surface area is 175 Å². The monoisotopic (exact) mass is 408 g/mol. The zero-order valence-electron chi connectivity index (χ0n) is 17.4. The predicted octanol–water partition coefficient (Wildman–Crippen LogP) is 1.56. The highest BCUT2D eigenvalue weighted by Crippen LogP contribution is 2.55. The summed E-state index contributed by atoms with van der Waals surface area (Å²) in [7, 11) is 1.47. The molecule has 4 N–H and O–H groups in total. The molecule has 1 aromatic carbocycles. The maximum absolute atomic E-state index is 12.9. The quantitative estimate of drug-likeness (QED) is 0.698. The molecule has 2 aromatic rings. The fourth-order valence-electron chi connectivity index (χ4n) is 4.92. The van der Waals surface area contributed by atoms with Crippen molar-refractivity contribution < 1.29 is 9.59 Å². The topological polar surface area (TPSA) is 106 Å². The molecule has 2 saturated carbocycles. The lowest BCUT2D eigenvalue weighted by atomic mass is 9.52. The van der Waals surface area contributed by atoms with Gasteiger partial charge in [0.25, 0.3) is 17.4 Å². The van der Waals surface area contributed by atoms with Crippen LogP contribution in [-0.2, 0) is 6.54 Å². The average molecular weight is 409 g/mol. The lowest BCUT2D eigenvalue weighted by Gasteiger charge is -2.57. The number of aryl methyl sites for hydroxylation is 1. The zero-order valence-corrected chi connectivity index (χ0v) is 17.4. The van der Waals surface area contributed by atoms with Crippen molar-refractivity contribution in [3.8, 4) is 0 Å². The van der Waals surface area contributed by atoms with E-state index in [1.807, 2.05) is 31.2 Å². The van der Waals surface area contributed by atoms with Crippen LogP contribution in [0.25, 0.3) is 0 Å². The summed E-state index contributed by atoms with van der Waals surface area (Å²) in [6, 6.07) is 9.60. The molecule has 2 aliphatic carbocycles. The molecule has 2 amide bonds. The van der Waals surface area contributed by atoms with Crippen molar-refractivity contribution >= 4 is 11.8 Å². The van der Waals surface area contributed by atoms with Crippen LogP contribution in [0.15, 0.2) is 41.3 Å². The van der Waals surface area contributed by atoms with Crippen molar-refractivity contribution in [1.82, 2.24) is 15.2 Å². The summed E-state index contributed by atoms with van der Waals surface area (Å²) in [5.41, 5.74) is 8.09. The van der Waals surface area contributed by atoms with Crippen LogP contribution >= 0.6 is 0 Å². The number of hydrogen-bond donors (Lipinski definition) is 3. The van der Waals surface area contributed by atoms with Crippen LogP contribution in [0.5, 0.6) is 0 Å². The van der Waals surface area contributed by atoms with Gasteiger partial charge in [-0.05, 0) is 49.7 Å². The third-order valence-corrected chi connectivity index (χ3v) is 6.34. The number of nitrogens with two attached hydrogens (primary N) is 1. The second-order valence-electron chi connectivity index (χ2n) is 8.89. The number of nitrogens with one attached hydrogen (secondary N) is 2. The maximum atomic E-state index is 12.9. The van der Waals surface area contributed by atoms with E-state index < -0.39 is 11.5 Å². The van der Waals surface area contributed by atoms with Crippen molar-refractivity contribution in [2.24, 2.45) is 11.1 Å². The minimum absolute atomic E-state index is 0.0344. The molecule has 30 heavy (non-hydrogen) atoms. The first kappa shape index (κ1) is 20.3. The molecular weight excluding hydrogens is 380 g/mol. The molecule has 1 heterocycles. The molecule has 0 radical (unpaired) electrons. The van der Waals surface area contributed by atoms with Gasteiger partial charge in [-0.2, -0.15) is 0 Å². The normalized spacial score (nSPS) is 24.6. The van der Waals surface area contributed by atoms with E-state index in [1.54, 1.807) is 6.20 Å². The van der Waals surface area contributed by atoms with E-state index in [4.69, 9.17) is 5.73 Å². The van der Waals surface area contributed by atoms with Gasteiger partial charge in [0, 0.05) is 25.3 Å². The van der Waals surface area contributed by atoms with Crippen molar-refractivity contribution in [3.05, 3.63) is 69.1 Å². The van der Waals surface area contributed by atoms with Crippen molar-refractivity contribution in [2.75, 3.05) is 7.05 Å². The number of rotatable bonds is 5. The average Bonchev–Trinajstić information content (AvgIpc) is 2.66. The second-order valence-corrected chi connectivity index (χ2v) is 8.89. The SMILES string of the molecule is CNC(=O)c1cc(C(=O)NC2CC3(CC(N)C3)C2)cn(Cc2cccc(C)c2)c1=O. The van der Waals surface area contributed by atoms with Crippen LogP contribution in [0.4, 0.5) is 0 Å². The Morgan fingerprint density at radius 2 is 1.90 bits per heavy atom. The Bertz CT molecular complexity index is 1040. The number of aromatic nitrogens is 1. The highest BCUT2D eigenvalue weighted by Gasteiger charge is 2.52. The molecule has 7 nitrogen and oxygen atoms in total. The molecule has 4 rings (SSSR count). The number of amides is 2. The van der Waals surface area contributed by atoms with Crippen molar-refractivity contribution in [2.45, 2.75) is 51.2 Å². The van der Waals surface area contributed by atoms with Crippen LogP contribution in [-0.4, -0.2) is 35.5 Å². The molecule has 0 atom stereocenters. The Hall–Kier alpha value is -2.93. The van der Waals surface area contributed by atoms with Gasteiger partial charge in [0.05, 0.1) is 12.1 Å². The number of carbonyl (C=O) groups is 2. The van der Waals surface area contributed by atoms with Gasteiger partial charge < -0.3 is 20.9 Å². The van der Waals surface area contributed by atoms with Gasteiger partial charge in [0.15, 0.2) is 0 Å². The van der Waals surface area contributed by atoms with Crippen LogP contribution in [0.1, 0.15) is 57.5 Å². The number of benzene rings is 1. The molecule has 158 valence electrons. The molecular formula is C23H28N4O3. The van der Waals surface area contributed by atoms with Crippen LogP contribution in [0.3, 0.4) is 0 Å². The Balaban J connectivity index is 1.56. The zero-order chi connectivity index (χ0) is 21.5. The predicted molar refractivity (Wildman–Crippen MR) is 115 cm³/mol. The van der Waals surface area contributed by atoms with Gasteiger partial charge in [-0.3, -0.25) is 14.4 Å². The van der Waals surface area contributed by atoms with E-state index in [0.717, 1.165) is 36.8 Å². The molecule has 0 aliphatic heterocycles. The first-order valence-electron chi connectivity index (χ1n) is 10.4. The Morgan fingerprint density at radius 1 is 1.17 bits per heavy atom. The molecule has 0 saturated heterocycles. The second kappa shape index (κ2) is 7.72. The van der Waals surface area contributed by atoms with Gasteiger partial charge in [-0.1, -0.05) is 29.8 Å².